The molecule has 0 aliphatic carbocycles. The molecule has 0 spiro atoms. The van der Waals surface area contributed by atoms with Crippen LogP contribution >= 0.6 is 27.7 Å². The molecule has 2 aromatic rings. The monoisotopic (exact) mass is 350 g/mol. The van der Waals surface area contributed by atoms with Crippen LogP contribution in [-0.2, 0) is 6.54 Å². The van der Waals surface area contributed by atoms with Crippen LogP contribution in [0.25, 0.3) is 0 Å². The Morgan fingerprint density at radius 3 is 2.75 bits per heavy atom. The van der Waals surface area contributed by atoms with E-state index in [1.807, 2.05) is 54.8 Å². The van der Waals surface area contributed by atoms with E-state index in [9.17, 15) is 4.79 Å². The van der Waals surface area contributed by atoms with E-state index in [0.717, 1.165) is 20.6 Å². The summed E-state index contributed by atoms with van der Waals surface area (Å²) in [4.78, 5) is 13.0. The average Bonchev–Trinajstić information content (AvgIpc) is 2.46. The van der Waals surface area contributed by atoms with E-state index >= 15 is 0 Å². The summed E-state index contributed by atoms with van der Waals surface area (Å²) in [5.74, 6) is 0. The number of carbonyl (C=O) groups excluding carboxylic acids is 1. The van der Waals surface area contributed by atoms with E-state index < -0.39 is 0 Å². The van der Waals surface area contributed by atoms with Crippen LogP contribution in [0.2, 0.25) is 0 Å². The highest BCUT2D eigenvalue weighted by Gasteiger charge is 2.04. The van der Waals surface area contributed by atoms with Crippen LogP contribution in [0.1, 0.15) is 5.56 Å². The van der Waals surface area contributed by atoms with Gasteiger partial charge in [0.15, 0.2) is 0 Å². The van der Waals surface area contributed by atoms with Crippen molar-refractivity contribution >= 4 is 39.4 Å². The number of rotatable bonds is 4. The van der Waals surface area contributed by atoms with Crippen molar-refractivity contribution in [1.29, 1.82) is 0 Å². The van der Waals surface area contributed by atoms with Crippen LogP contribution in [-0.4, -0.2) is 12.3 Å². The van der Waals surface area contributed by atoms with Crippen molar-refractivity contribution in [3.63, 3.8) is 0 Å². The first-order valence-electron chi connectivity index (χ1n) is 6.11. The van der Waals surface area contributed by atoms with Crippen LogP contribution in [0.4, 0.5) is 10.5 Å². The lowest BCUT2D eigenvalue weighted by Crippen LogP contribution is -2.28. The summed E-state index contributed by atoms with van der Waals surface area (Å²) in [5, 5.41) is 5.67. The maximum absolute atomic E-state index is 11.9. The van der Waals surface area contributed by atoms with Gasteiger partial charge in [-0.1, -0.05) is 40.2 Å². The number of nitrogens with one attached hydrogen (secondary N) is 2. The largest absolute Gasteiger partial charge is 0.334 e. The van der Waals surface area contributed by atoms with E-state index in [4.69, 9.17) is 0 Å². The minimum Gasteiger partial charge on any atom is -0.334 e. The maximum Gasteiger partial charge on any atom is 0.319 e. The quantitative estimate of drug-likeness (QED) is 0.797. The van der Waals surface area contributed by atoms with Crippen LogP contribution in [0, 0.1) is 0 Å². The lowest BCUT2D eigenvalue weighted by Gasteiger charge is -2.09. The summed E-state index contributed by atoms with van der Waals surface area (Å²) in [6.07, 6.45) is 2.01. The minimum absolute atomic E-state index is 0.209. The van der Waals surface area contributed by atoms with Crippen LogP contribution < -0.4 is 10.6 Å². The molecule has 0 atom stereocenters. The Morgan fingerprint density at radius 1 is 1.20 bits per heavy atom. The van der Waals surface area contributed by atoms with Crippen molar-refractivity contribution < 1.29 is 4.79 Å². The zero-order valence-corrected chi connectivity index (χ0v) is 13.4. The van der Waals surface area contributed by atoms with E-state index in [0.29, 0.717) is 6.54 Å². The first kappa shape index (κ1) is 14.9. The summed E-state index contributed by atoms with van der Waals surface area (Å²) in [6, 6.07) is 15.4. The number of hydrogen-bond donors (Lipinski definition) is 2. The highest BCUT2D eigenvalue weighted by atomic mass is 79.9. The highest BCUT2D eigenvalue weighted by molar-refractivity contribution is 9.10. The first-order chi connectivity index (χ1) is 9.69. The van der Waals surface area contributed by atoms with Gasteiger partial charge in [0, 0.05) is 21.6 Å². The predicted molar refractivity (Wildman–Crippen MR) is 88.2 cm³/mol. The molecular weight excluding hydrogens is 336 g/mol. The molecule has 5 heteroatoms. The molecule has 2 N–H and O–H groups in total. The van der Waals surface area contributed by atoms with Gasteiger partial charge < -0.3 is 10.6 Å². The van der Waals surface area contributed by atoms with Gasteiger partial charge in [-0.2, -0.15) is 0 Å². The first-order valence-corrected chi connectivity index (χ1v) is 8.13. The molecule has 3 nitrogen and oxygen atoms in total. The van der Waals surface area contributed by atoms with E-state index in [2.05, 4.69) is 26.6 Å². The molecule has 0 aliphatic heterocycles. The van der Waals surface area contributed by atoms with E-state index in [1.54, 1.807) is 11.8 Å². The molecule has 0 unspecified atom stereocenters. The van der Waals surface area contributed by atoms with Gasteiger partial charge >= 0.3 is 6.03 Å². The number of thioether (sulfide) groups is 1. The van der Waals surface area contributed by atoms with Gasteiger partial charge in [-0.3, -0.25) is 0 Å². The van der Waals surface area contributed by atoms with Gasteiger partial charge in [0.25, 0.3) is 0 Å². The standard InChI is InChI=1S/C15H15BrN2OS/c1-20-13-7-4-6-12(9-13)18-15(19)17-10-11-5-2-3-8-14(11)16/h2-9H,10H2,1H3,(H2,17,18,19). The average molecular weight is 351 g/mol. The lowest BCUT2D eigenvalue weighted by atomic mass is 10.2. The Kier molecular flexibility index (Phi) is 5.49. The second-order valence-electron chi connectivity index (χ2n) is 4.13. The summed E-state index contributed by atoms with van der Waals surface area (Å²) < 4.78 is 0.990. The van der Waals surface area contributed by atoms with Gasteiger partial charge in [-0.05, 0) is 36.1 Å². The topological polar surface area (TPSA) is 41.1 Å². The molecule has 0 heterocycles. The molecule has 2 aromatic carbocycles. The molecule has 0 saturated carbocycles. The molecule has 0 aromatic heterocycles. The number of urea groups is 1. The highest BCUT2D eigenvalue weighted by Crippen LogP contribution is 2.19. The third-order valence-electron chi connectivity index (χ3n) is 2.72. The van der Waals surface area contributed by atoms with Gasteiger partial charge in [-0.25, -0.2) is 4.79 Å². The third kappa shape index (κ3) is 4.28. The minimum atomic E-state index is -0.209. The fourth-order valence-electron chi connectivity index (χ4n) is 1.69. The number of benzene rings is 2. The number of anilines is 1. The van der Waals surface area contributed by atoms with Crippen LogP contribution in [0.5, 0.6) is 0 Å². The fourth-order valence-corrected chi connectivity index (χ4v) is 2.58. The summed E-state index contributed by atoms with van der Waals surface area (Å²) >= 11 is 5.10. The lowest BCUT2D eigenvalue weighted by molar-refractivity contribution is 0.251. The zero-order valence-electron chi connectivity index (χ0n) is 11.0. The molecule has 0 aliphatic rings. The van der Waals surface area contributed by atoms with Gasteiger partial charge in [0.1, 0.15) is 0 Å². The summed E-state index contributed by atoms with van der Waals surface area (Å²) in [5.41, 5.74) is 1.84. The van der Waals surface area contributed by atoms with Crippen LogP contribution in [0.15, 0.2) is 57.9 Å². The third-order valence-corrected chi connectivity index (χ3v) is 4.22. The van der Waals surface area contributed by atoms with Crippen molar-refractivity contribution in [2.45, 2.75) is 11.4 Å². The van der Waals surface area contributed by atoms with E-state index in [-0.39, 0.29) is 6.03 Å². The van der Waals surface area contributed by atoms with Crippen molar-refractivity contribution in [2.24, 2.45) is 0 Å². The predicted octanol–water partition coefficient (Wildman–Crippen LogP) is 4.49. The smallest absolute Gasteiger partial charge is 0.319 e. The Morgan fingerprint density at radius 2 is 2.00 bits per heavy atom. The second kappa shape index (κ2) is 7.36. The molecule has 0 bridgehead atoms. The van der Waals surface area contributed by atoms with E-state index in [1.165, 1.54) is 0 Å². The molecule has 0 saturated heterocycles. The van der Waals surface area contributed by atoms with Gasteiger partial charge in [0.05, 0.1) is 0 Å². The Labute approximate surface area is 131 Å². The zero-order chi connectivity index (χ0) is 14.4. The van der Waals surface area contributed by atoms with Crippen molar-refractivity contribution in [2.75, 3.05) is 11.6 Å². The normalized spacial score (nSPS) is 10.1. The van der Waals surface area contributed by atoms with Crippen molar-refractivity contribution in [3.8, 4) is 0 Å². The Hall–Kier alpha value is -1.46. The number of amides is 2. The Bertz CT molecular complexity index is 604. The SMILES string of the molecule is CSc1cccc(NC(=O)NCc2ccccc2Br)c1. The number of hydrogen-bond acceptors (Lipinski definition) is 2. The van der Waals surface area contributed by atoms with Crippen molar-refractivity contribution in [3.05, 3.63) is 58.6 Å². The Balaban J connectivity index is 1.91. The molecule has 104 valence electrons. The second-order valence-corrected chi connectivity index (χ2v) is 5.87. The molecule has 0 fully saturated rings. The fraction of sp³-hybridized carbons (Fsp3) is 0.133. The molecular formula is C15H15BrN2OS. The maximum atomic E-state index is 11.9. The summed E-state index contributed by atoms with van der Waals surface area (Å²) in [6.45, 7) is 0.482. The number of carbonyl (C=O) groups is 1. The van der Waals surface area contributed by atoms with Gasteiger partial charge in [-0.15, -0.1) is 11.8 Å². The van der Waals surface area contributed by atoms with Gasteiger partial charge in [0.2, 0.25) is 0 Å². The molecule has 2 rings (SSSR count). The number of halogens is 1. The molecule has 20 heavy (non-hydrogen) atoms. The molecule has 2 amide bonds. The van der Waals surface area contributed by atoms with Crippen LogP contribution in [0.3, 0.4) is 0 Å². The molecule has 0 radical (unpaired) electrons. The van der Waals surface area contributed by atoms with Crippen molar-refractivity contribution in [1.82, 2.24) is 5.32 Å². The summed E-state index contributed by atoms with van der Waals surface area (Å²) in [7, 11) is 0.